The van der Waals surface area contributed by atoms with Gasteiger partial charge in [0.2, 0.25) is 5.89 Å². The molecule has 2 aromatic rings. The number of ether oxygens (including phenoxy) is 1. The number of nitrogens with zero attached hydrogens (tertiary/aromatic N) is 4. The summed E-state index contributed by atoms with van der Waals surface area (Å²) >= 11 is 1.31. The molecule has 0 amide bonds. The summed E-state index contributed by atoms with van der Waals surface area (Å²) in [5, 5.41) is 10.8. The van der Waals surface area contributed by atoms with Gasteiger partial charge in [-0.25, -0.2) is 9.78 Å². The predicted octanol–water partition coefficient (Wildman–Crippen LogP) is 1.75. The molecule has 0 radical (unpaired) electrons. The second kappa shape index (κ2) is 8.56. The zero-order valence-corrected chi connectivity index (χ0v) is 15.7. The number of aliphatic imine (C=N–C) groups is 1. The van der Waals surface area contributed by atoms with E-state index < -0.39 is 0 Å². The number of carbonyl (C=O) groups excluding carboxylic acids is 1. The first-order chi connectivity index (χ1) is 11.9. The molecule has 0 aliphatic rings. The van der Waals surface area contributed by atoms with Gasteiger partial charge in [0.25, 0.3) is 0 Å². The van der Waals surface area contributed by atoms with Crippen LogP contribution in [0.3, 0.4) is 0 Å². The maximum atomic E-state index is 11.9. The van der Waals surface area contributed by atoms with Crippen molar-refractivity contribution < 1.29 is 14.1 Å². The number of carbonyl (C=O) groups is 1. The van der Waals surface area contributed by atoms with Gasteiger partial charge in [-0.2, -0.15) is 4.98 Å². The maximum Gasteiger partial charge on any atom is 0.350 e. The Morgan fingerprint density at radius 3 is 2.76 bits per heavy atom. The average Bonchev–Trinajstić information content (AvgIpc) is 3.17. The lowest BCUT2D eigenvalue weighted by atomic mass is 10.3. The van der Waals surface area contributed by atoms with E-state index in [1.54, 1.807) is 27.8 Å². The van der Waals surface area contributed by atoms with Crippen LogP contribution in [-0.2, 0) is 11.3 Å². The Hall–Kier alpha value is -2.49. The molecule has 9 nitrogen and oxygen atoms in total. The Balaban J connectivity index is 1.98. The van der Waals surface area contributed by atoms with E-state index in [2.05, 4.69) is 30.8 Å². The molecule has 10 heteroatoms. The summed E-state index contributed by atoms with van der Waals surface area (Å²) in [5.74, 6) is 1.28. The highest BCUT2D eigenvalue weighted by Crippen LogP contribution is 2.24. The van der Waals surface area contributed by atoms with Crippen LogP contribution in [0.1, 0.15) is 52.0 Å². The lowest BCUT2D eigenvalue weighted by molar-refractivity contribution is 0.0531. The van der Waals surface area contributed by atoms with E-state index in [-0.39, 0.29) is 12.0 Å². The molecule has 0 aromatic carbocycles. The molecule has 2 rings (SSSR count). The monoisotopic (exact) mass is 366 g/mol. The number of hydrogen-bond donors (Lipinski definition) is 2. The molecule has 0 aliphatic heterocycles. The zero-order valence-electron chi connectivity index (χ0n) is 14.9. The molecule has 2 N–H and O–H groups in total. The fourth-order valence-corrected chi connectivity index (χ4v) is 2.98. The smallest absolute Gasteiger partial charge is 0.350 e. The molecule has 0 spiro atoms. The van der Waals surface area contributed by atoms with Crippen LogP contribution in [0.15, 0.2) is 9.52 Å². The second-order valence-electron chi connectivity index (χ2n) is 5.21. The minimum atomic E-state index is -0.342. The minimum Gasteiger partial charge on any atom is -0.462 e. The molecule has 0 bridgehead atoms. The Labute approximate surface area is 149 Å². The van der Waals surface area contributed by atoms with Crippen molar-refractivity contribution in [1.29, 1.82) is 0 Å². The number of hydrogen-bond acceptors (Lipinski definition) is 8. The molecular weight excluding hydrogens is 344 g/mol. The summed E-state index contributed by atoms with van der Waals surface area (Å²) in [6, 6.07) is -0.137. The third-order valence-corrected chi connectivity index (χ3v) is 4.52. The van der Waals surface area contributed by atoms with E-state index in [1.807, 2.05) is 6.92 Å². The van der Waals surface area contributed by atoms with Crippen LogP contribution < -0.4 is 10.6 Å². The summed E-state index contributed by atoms with van der Waals surface area (Å²) in [5.41, 5.74) is 0.663. The van der Waals surface area contributed by atoms with E-state index in [1.165, 1.54) is 11.3 Å². The number of thiazole rings is 1. The van der Waals surface area contributed by atoms with Crippen molar-refractivity contribution in [3.8, 4) is 0 Å². The Bertz CT molecular complexity index is 754. The van der Waals surface area contributed by atoms with Crippen molar-refractivity contribution in [2.24, 2.45) is 4.99 Å². The molecule has 136 valence electrons. The fraction of sp³-hybridized carbons (Fsp3) is 0.533. The Morgan fingerprint density at radius 1 is 1.40 bits per heavy atom. The maximum absolute atomic E-state index is 11.9. The van der Waals surface area contributed by atoms with Gasteiger partial charge in [-0.05, 0) is 27.7 Å². The van der Waals surface area contributed by atoms with Gasteiger partial charge in [-0.15, -0.1) is 11.3 Å². The Kier molecular flexibility index (Phi) is 6.45. The lowest BCUT2D eigenvalue weighted by Crippen LogP contribution is -2.38. The van der Waals surface area contributed by atoms with Gasteiger partial charge in [-0.3, -0.25) is 4.99 Å². The Morgan fingerprint density at radius 2 is 2.16 bits per heavy atom. The van der Waals surface area contributed by atoms with Gasteiger partial charge in [0.15, 0.2) is 11.8 Å². The molecule has 0 saturated heterocycles. The van der Waals surface area contributed by atoms with Crippen LogP contribution >= 0.6 is 11.3 Å². The van der Waals surface area contributed by atoms with Gasteiger partial charge in [-0.1, -0.05) is 5.16 Å². The first-order valence-electron chi connectivity index (χ1n) is 7.85. The molecule has 0 fully saturated rings. The van der Waals surface area contributed by atoms with Gasteiger partial charge >= 0.3 is 5.97 Å². The summed E-state index contributed by atoms with van der Waals surface area (Å²) in [7, 11) is 1.66. The predicted molar refractivity (Wildman–Crippen MR) is 93.6 cm³/mol. The normalized spacial score (nSPS) is 12.8. The largest absolute Gasteiger partial charge is 0.462 e. The highest BCUT2D eigenvalue weighted by Gasteiger charge is 2.20. The van der Waals surface area contributed by atoms with Crippen molar-refractivity contribution in [3.05, 3.63) is 27.3 Å². The van der Waals surface area contributed by atoms with E-state index in [0.29, 0.717) is 41.4 Å². The molecule has 2 heterocycles. The standard InChI is InChI=1S/C15H22N6O3S/c1-6-23-14(22)12-8(2)18-13(25-12)9(3)19-15(16-5)17-7-11-20-10(4)21-24-11/h9H,6-7H2,1-5H3,(H2,16,17,19). The first kappa shape index (κ1) is 18.8. The van der Waals surface area contributed by atoms with Crippen molar-refractivity contribution in [2.45, 2.75) is 40.3 Å². The number of nitrogens with one attached hydrogen (secondary N) is 2. The van der Waals surface area contributed by atoms with Gasteiger partial charge in [0, 0.05) is 7.05 Å². The SMILES string of the molecule is CCOC(=O)c1sc(C(C)NC(=NC)NCc2nc(C)no2)nc1C. The van der Waals surface area contributed by atoms with Crippen molar-refractivity contribution in [1.82, 2.24) is 25.8 Å². The summed E-state index contributed by atoms with van der Waals surface area (Å²) in [6.45, 7) is 7.97. The summed E-state index contributed by atoms with van der Waals surface area (Å²) in [4.78, 5) is 25.2. The quantitative estimate of drug-likeness (QED) is 0.451. The van der Waals surface area contributed by atoms with E-state index in [4.69, 9.17) is 9.26 Å². The molecule has 0 saturated carbocycles. The van der Waals surface area contributed by atoms with E-state index in [9.17, 15) is 4.79 Å². The third-order valence-electron chi connectivity index (χ3n) is 3.20. The number of guanidine groups is 1. The molecule has 25 heavy (non-hydrogen) atoms. The second-order valence-corrected chi connectivity index (χ2v) is 6.24. The molecule has 0 aliphatic carbocycles. The van der Waals surface area contributed by atoms with Crippen molar-refractivity contribution >= 4 is 23.3 Å². The lowest BCUT2D eigenvalue weighted by Gasteiger charge is -2.15. The molecule has 1 atom stereocenters. The molecular formula is C15H22N6O3S. The topological polar surface area (TPSA) is 115 Å². The van der Waals surface area contributed by atoms with Crippen molar-refractivity contribution in [2.75, 3.05) is 13.7 Å². The molecule has 2 aromatic heterocycles. The molecule has 1 unspecified atom stereocenters. The van der Waals surface area contributed by atoms with Crippen LogP contribution in [0.5, 0.6) is 0 Å². The first-order valence-corrected chi connectivity index (χ1v) is 8.67. The van der Waals surface area contributed by atoms with Gasteiger partial charge in [0.05, 0.1) is 24.9 Å². The van der Waals surface area contributed by atoms with Gasteiger partial charge < -0.3 is 19.9 Å². The number of rotatable bonds is 6. The average molecular weight is 366 g/mol. The van der Waals surface area contributed by atoms with Crippen LogP contribution in [0, 0.1) is 13.8 Å². The van der Waals surface area contributed by atoms with E-state index >= 15 is 0 Å². The zero-order chi connectivity index (χ0) is 18.4. The number of aromatic nitrogens is 3. The van der Waals surface area contributed by atoms with Crippen molar-refractivity contribution in [3.63, 3.8) is 0 Å². The van der Waals surface area contributed by atoms with Crippen LogP contribution in [0.25, 0.3) is 0 Å². The van der Waals surface area contributed by atoms with Crippen LogP contribution in [0.2, 0.25) is 0 Å². The summed E-state index contributed by atoms with van der Waals surface area (Å²) < 4.78 is 10.1. The van der Waals surface area contributed by atoms with Crippen LogP contribution in [0.4, 0.5) is 0 Å². The highest BCUT2D eigenvalue weighted by molar-refractivity contribution is 7.13. The van der Waals surface area contributed by atoms with Gasteiger partial charge in [0.1, 0.15) is 9.88 Å². The minimum absolute atomic E-state index is 0.137. The van der Waals surface area contributed by atoms with E-state index in [0.717, 1.165) is 5.01 Å². The fourth-order valence-electron chi connectivity index (χ4n) is 2.02. The summed E-state index contributed by atoms with van der Waals surface area (Å²) in [6.07, 6.45) is 0. The van der Waals surface area contributed by atoms with Crippen LogP contribution in [-0.4, -0.2) is 40.7 Å². The number of aryl methyl sites for hydroxylation is 2. The highest BCUT2D eigenvalue weighted by atomic mass is 32.1. The third kappa shape index (κ3) is 4.99. The number of esters is 1.